The predicted molar refractivity (Wildman–Crippen MR) is 57.4 cm³/mol. The van der Waals surface area contributed by atoms with Crippen molar-refractivity contribution in [3.05, 3.63) is 0 Å². The van der Waals surface area contributed by atoms with Crippen molar-refractivity contribution in [3.63, 3.8) is 0 Å². The number of hydrogen-bond donors (Lipinski definition) is 2. The van der Waals surface area contributed by atoms with Gasteiger partial charge in [0.15, 0.2) is 0 Å². The largest absolute Gasteiger partial charge is 0.328 e. The first kappa shape index (κ1) is 15.8. The fourth-order valence-corrected chi connectivity index (χ4v) is 0.791. The highest BCUT2D eigenvalue weighted by molar-refractivity contribution is 7.39. The molecule has 2 N–H and O–H groups in total. The molecule has 0 bridgehead atoms. The summed E-state index contributed by atoms with van der Waals surface area (Å²) in [6.45, 7) is 6.91. The summed E-state index contributed by atoms with van der Waals surface area (Å²) in [6, 6.07) is 0. The van der Waals surface area contributed by atoms with Crippen molar-refractivity contribution in [2.75, 3.05) is 6.61 Å². The zero-order valence-electron chi connectivity index (χ0n) is 8.99. The van der Waals surface area contributed by atoms with E-state index in [4.69, 9.17) is 9.79 Å². The molecule has 82 valence electrons. The fourth-order valence-electron chi connectivity index (χ4n) is 0.498. The Labute approximate surface area is 83.1 Å². The first-order valence-electron chi connectivity index (χ1n) is 4.99. The van der Waals surface area contributed by atoms with Gasteiger partial charge in [-0.1, -0.05) is 46.5 Å². The molecule has 3 nitrogen and oxygen atoms in total. The Morgan fingerprint density at radius 1 is 0.923 bits per heavy atom. The van der Waals surface area contributed by atoms with Crippen LogP contribution in [0.3, 0.4) is 0 Å². The predicted octanol–water partition coefficient (Wildman–Crippen LogP) is 3.21. The molecule has 0 saturated heterocycles. The zero-order valence-corrected chi connectivity index (χ0v) is 9.89. The molecule has 0 unspecified atom stereocenters. The minimum absolute atomic E-state index is 0.465. The van der Waals surface area contributed by atoms with Crippen LogP contribution < -0.4 is 0 Å². The van der Waals surface area contributed by atoms with E-state index in [1.165, 1.54) is 12.8 Å². The van der Waals surface area contributed by atoms with Gasteiger partial charge >= 0.3 is 8.60 Å². The second kappa shape index (κ2) is 14.8. The van der Waals surface area contributed by atoms with Gasteiger partial charge in [-0.3, -0.25) is 0 Å². The van der Waals surface area contributed by atoms with E-state index < -0.39 is 8.60 Å². The van der Waals surface area contributed by atoms with E-state index in [2.05, 4.69) is 25.3 Å². The van der Waals surface area contributed by atoms with E-state index in [1.54, 1.807) is 0 Å². The Morgan fingerprint density at radius 2 is 1.46 bits per heavy atom. The SMILES string of the molecule is CCCC.CCCCCOP(O)O. The highest BCUT2D eigenvalue weighted by Gasteiger charge is 1.95. The van der Waals surface area contributed by atoms with Gasteiger partial charge < -0.3 is 14.3 Å². The van der Waals surface area contributed by atoms with Crippen molar-refractivity contribution in [2.24, 2.45) is 0 Å². The molecule has 0 aliphatic heterocycles. The smallest absolute Gasteiger partial charge is 0.327 e. The van der Waals surface area contributed by atoms with Crippen molar-refractivity contribution in [1.82, 2.24) is 0 Å². The molecule has 0 spiro atoms. The zero-order chi connectivity index (χ0) is 10.5. The molecule has 0 aromatic carbocycles. The van der Waals surface area contributed by atoms with Gasteiger partial charge in [-0.05, 0) is 6.42 Å². The van der Waals surface area contributed by atoms with E-state index in [-0.39, 0.29) is 0 Å². The average molecular weight is 210 g/mol. The average Bonchev–Trinajstić information content (AvgIpc) is 2.13. The highest BCUT2D eigenvalue weighted by Crippen LogP contribution is 2.24. The third-order valence-corrected chi connectivity index (χ3v) is 1.87. The third-order valence-electron chi connectivity index (χ3n) is 1.45. The van der Waals surface area contributed by atoms with E-state index in [0.717, 1.165) is 19.3 Å². The maximum absolute atomic E-state index is 8.25. The summed E-state index contributed by atoms with van der Waals surface area (Å²) < 4.78 is 4.52. The maximum Gasteiger partial charge on any atom is 0.327 e. The Balaban J connectivity index is 0. The molecule has 0 radical (unpaired) electrons. The molecule has 0 aliphatic carbocycles. The second-order valence-corrected chi connectivity index (χ2v) is 3.56. The van der Waals surface area contributed by atoms with Gasteiger partial charge in [0, 0.05) is 0 Å². The van der Waals surface area contributed by atoms with Crippen LogP contribution in [0.4, 0.5) is 0 Å². The standard InChI is InChI=1S/C5H13O3P.C4H10/c1-2-3-4-5-8-9(6)7;1-3-4-2/h6-7H,2-5H2,1H3;3-4H2,1-2H3. The highest BCUT2D eigenvalue weighted by atomic mass is 31.2. The summed E-state index contributed by atoms with van der Waals surface area (Å²) in [5.41, 5.74) is 0. The molecule has 13 heavy (non-hydrogen) atoms. The van der Waals surface area contributed by atoms with Crippen molar-refractivity contribution in [2.45, 2.75) is 52.9 Å². The number of hydrogen-bond acceptors (Lipinski definition) is 3. The Morgan fingerprint density at radius 3 is 1.77 bits per heavy atom. The second-order valence-electron chi connectivity index (χ2n) is 2.79. The van der Waals surface area contributed by atoms with Crippen LogP contribution in [0.2, 0.25) is 0 Å². The Kier molecular flexibility index (Phi) is 18.0. The summed E-state index contributed by atoms with van der Waals surface area (Å²) in [4.78, 5) is 16.5. The normalized spacial score (nSPS) is 9.69. The topological polar surface area (TPSA) is 49.7 Å². The molecule has 0 saturated carbocycles. The number of rotatable bonds is 6. The van der Waals surface area contributed by atoms with Crippen molar-refractivity contribution in [1.29, 1.82) is 0 Å². The molecule has 0 fully saturated rings. The lowest BCUT2D eigenvalue weighted by Gasteiger charge is -2.01. The summed E-state index contributed by atoms with van der Waals surface area (Å²) in [5, 5.41) is 0. The first-order chi connectivity index (χ1) is 6.18. The van der Waals surface area contributed by atoms with Crippen LogP contribution in [0.25, 0.3) is 0 Å². The van der Waals surface area contributed by atoms with E-state index >= 15 is 0 Å². The molecule has 0 aliphatic rings. The molecule has 0 atom stereocenters. The molecular weight excluding hydrogens is 187 g/mol. The lowest BCUT2D eigenvalue weighted by molar-refractivity contribution is 0.249. The van der Waals surface area contributed by atoms with E-state index in [1.807, 2.05) is 0 Å². The first-order valence-corrected chi connectivity index (χ1v) is 6.16. The van der Waals surface area contributed by atoms with Crippen LogP contribution in [-0.2, 0) is 4.52 Å². The minimum Gasteiger partial charge on any atom is -0.328 e. The Bertz CT molecular complexity index is 77.3. The van der Waals surface area contributed by atoms with Crippen LogP contribution in [0.5, 0.6) is 0 Å². The summed E-state index contributed by atoms with van der Waals surface area (Å²) in [6.07, 6.45) is 5.76. The minimum atomic E-state index is -2.12. The van der Waals surface area contributed by atoms with Crippen molar-refractivity contribution >= 4 is 8.60 Å². The van der Waals surface area contributed by atoms with Gasteiger partial charge in [-0.25, -0.2) is 0 Å². The Hall–Kier alpha value is 0.310. The summed E-state index contributed by atoms with van der Waals surface area (Å²) in [5.74, 6) is 0. The lowest BCUT2D eigenvalue weighted by Crippen LogP contribution is -1.87. The molecular formula is C9H23O3P. The molecule has 0 amide bonds. The van der Waals surface area contributed by atoms with E-state index in [0.29, 0.717) is 6.61 Å². The van der Waals surface area contributed by atoms with Gasteiger partial charge in [0.2, 0.25) is 0 Å². The van der Waals surface area contributed by atoms with Crippen LogP contribution in [-0.4, -0.2) is 16.4 Å². The summed E-state index contributed by atoms with van der Waals surface area (Å²) in [7, 11) is -2.12. The van der Waals surface area contributed by atoms with Crippen LogP contribution in [0.1, 0.15) is 52.9 Å². The molecule has 0 heterocycles. The van der Waals surface area contributed by atoms with E-state index in [9.17, 15) is 0 Å². The van der Waals surface area contributed by atoms with Gasteiger partial charge in [0.1, 0.15) is 0 Å². The molecule has 0 aromatic rings. The van der Waals surface area contributed by atoms with Crippen LogP contribution in [0.15, 0.2) is 0 Å². The quantitative estimate of drug-likeness (QED) is 0.522. The fraction of sp³-hybridized carbons (Fsp3) is 1.00. The molecule has 0 rings (SSSR count). The van der Waals surface area contributed by atoms with Crippen molar-refractivity contribution in [3.8, 4) is 0 Å². The van der Waals surface area contributed by atoms with Crippen LogP contribution >= 0.6 is 8.60 Å². The molecule has 4 heteroatoms. The lowest BCUT2D eigenvalue weighted by atomic mass is 10.3. The van der Waals surface area contributed by atoms with Gasteiger partial charge in [0.25, 0.3) is 0 Å². The number of unbranched alkanes of at least 4 members (excludes halogenated alkanes) is 3. The monoisotopic (exact) mass is 210 g/mol. The third kappa shape index (κ3) is 24.5. The van der Waals surface area contributed by atoms with Crippen molar-refractivity contribution < 1.29 is 14.3 Å². The van der Waals surface area contributed by atoms with Gasteiger partial charge in [-0.2, -0.15) is 0 Å². The maximum atomic E-state index is 8.25. The summed E-state index contributed by atoms with van der Waals surface area (Å²) >= 11 is 0. The van der Waals surface area contributed by atoms with Gasteiger partial charge in [-0.15, -0.1) is 0 Å². The van der Waals surface area contributed by atoms with Crippen LogP contribution in [0, 0.1) is 0 Å². The van der Waals surface area contributed by atoms with Gasteiger partial charge in [0.05, 0.1) is 6.61 Å². The molecule has 0 aromatic heterocycles.